The molecular formula is C17H33NO5. The standard InChI is InChI=1S/C17H33NO5/c1-14(2)23-13-16(20)18-8-10-22-12-11-21-9-6-7-15(19)17(3,4)5/h14H,6-13H2,1-5H3,(H,18,20). The van der Waals surface area contributed by atoms with E-state index in [0.717, 1.165) is 6.42 Å². The van der Waals surface area contributed by atoms with E-state index in [0.29, 0.717) is 39.4 Å². The lowest BCUT2D eigenvalue weighted by Gasteiger charge is -2.16. The van der Waals surface area contributed by atoms with Gasteiger partial charge in [-0.3, -0.25) is 9.59 Å². The summed E-state index contributed by atoms with van der Waals surface area (Å²) in [7, 11) is 0. The minimum atomic E-state index is -0.270. The molecule has 0 aromatic heterocycles. The van der Waals surface area contributed by atoms with Crippen molar-refractivity contribution in [2.24, 2.45) is 5.41 Å². The molecule has 1 N–H and O–H groups in total. The van der Waals surface area contributed by atoms with Crippen LogP contribution in [-0.2, 0) is 23.8 Å². The molecule has 136 valence electrons. The average Bonchev–Trinajstić information content (AvgIpc) is 2.45. The molecule has 0 heterocycles. The maximum atomic E-state index is 11.7. The second-order valence-corrected chi connectivity index (χ2v) is 6.71. The second-order valence-electron chi connectivity index (χ2n) is 6.71. The fourth-order valence-electron chi connectivity index (χ4n) is 1.59. The van der Waals surface area contributed by atoms with Gasteiger partial charge in [0.2, 0.25) is 5.91 Å². The summed E-state index contributed by atoms with van der Waals surface area (Å²) < 4.78 is 15.9. The van der Waals surface area contributed by atoms with Crippen molar-refractivity contribution in [2.45, 2.75) is 53.6 Å². The summed E-state index contributed by atoms with van der Waals surface area (Å²) in [5, 5.41) is 2.71. The largest absolute Gasteiger partial charge is 0.379 e. The summed E-state index contributed by atoms with van der Waals surface area (Å²) in [6.45, 7) is 12.1. The van der Waals surface area contributed by atoms with Crippen LogP contribution >= 0.6 is 0 Å². The van der Waals surface area contributed by atoms with Gasteiger partial charge < -0.3 is 19.5 Å². The molecule has 6 nitrogen and oxygen atoms in total. The van der Waals surface area contributed by atoms with Gasteiger partial charge in [-0.2, -0.15) is 0 Å². The monoisotopic (exact) mass is 331 g/mol. The molecule has 0 aliphatic rings. The van der Waals surface area contributed by atoms with Gasteiger partial charge >= 0.3 is 0 Å². The lowest BCUT2D eigenvalue weighted by Crippen LogP contribution is -2.31. The molecule has 0 rings (SSSR count). The second kappa shape index (κ2) is 12.4. The molecule has 0 aromatic carbocycles. The highest BCUT2D eigenvalue weighted by Crippen LogP contribution is 2.17. The van der Waals surface area contributed by atoms with Gasteiger partial charge in [-0.1, -0.05) is 20.8 Å². The first-order valence-electron chi connectivity index (χ1n) is 8.30. The van der Waals surface area contributed by atoms with Crippen molar-refractivity contribution >= 4 is 11.7 Å². The Hall–Kier alpha value is -0.980. The quantitative estimate of drug-likeness (QED) is 0.522. The van der Waals surface area contributed by atoms with Crippen molar-refractivity contribution in [1.29, 1.82) is 0 Å². The van der Waals surface area contributed by atoms with Crippen LogP contribution in [-0.4, -0.2) is 57.4 Å². The van der Waals surface area contributed by atoms with E-state index in [9.17, 15) is 9.59 Å². The normalized spacial score (nSPS) is 11.7. The molecule has 0 saturated carbocycles. The van der Waals surface area contributed by atoms with E-state index in [4.69, 9.17) is 14.2 Å². The van der Waals surface area contributed by atoms with Crippen LogP contribution in [0.1, 0.15) is 47.5 Å². The Bertz CT molecular complexity index is 336. The Morgan fingerprint density at radius 1 is 1.00 bits per heavy atom. The molecule has 0 spiro atoms. The maximum absolute atomic E-state index is 11.7. The Morgan fingerprint density at radius 3 is 2.17 bits per heavy atom. The molecule has 0 aliphatic carbocycles. The number of ketones is 1. The third kappa shape index (κ3) is 14.3. The van der Waals surface area contributed by atoms with Crippen molar-refractivity contribution in [2.75, 3.05) is 39.6 Å². The Kier molecular flexibility index (Phi) is 11.9. The van der Waals surface area contributed by atoms with E-state index >= 15 is 0 Å². The molecule has 0 bridgehead atoms. The highest BCUT2D eigenvalue weighted by Gasteiger charge is 2.19. The van der Waals surface area contributed by atoms with Crippen LogP contribution in [0.2, 0.25) is 0 Å². The highest BCUT2D eigenvalue weighted by molar-refractivity contribution is 5.83. The summed E-state index contributed by atoms with van der Waals surface area (Å²) in [6, 6.07) is 0. The van der Waals surface area contributed by atoms with Crippen LogP contribution in [0.5, 0.6) is 0 Å². The Balaban J connectivity index is 3.31. The average molecular weight is 331 g/mol. The predicted molar refractivity (Wildman–Crippen MR) is 89.4 cm³/mol. The number of amides is 1. The van der Waals surface area contributed by atoms with Gasteiger partial charge in [-0.15, -0.1) is 0 Å². The molecule has 0 unspecified atom stereocenters. The summed E-state index contributed by atoms with van der Waals surface area (Å²) in [5.41, 5.74) is -0.270. The van der Waals surface area contributed by atoms with Crippen LogP contribution < -0.4 is 5.32 Å². The molecule has 0 radical (unpaired) electrons. The summed E-state index contributed by atoms with van der Waals surface area (Å²) in [6.07, 6.45) is 1.34. The van der Waals surface area contributed by atoms with Gasteiger partial charge in [0.1, 0.15) is 12.4 Å². The third-order valence-electron chi connectivity index (χ3n) is 3.02. The molecule has 0 atom stereocenters. The molecule has 0 aliphatic heterocycles. The molecule has 0 saturated heterocycles. The lowest BCUT2D eigenvalue weighted by molar-refractivity contribution is -0.127. The number of nitrogens with one attached hydrogen (secondary N) is 1. The summed E-state index contributed by atoms with van der Waals surface area (Å²) >= 11 is 0. The first kappa shape index (κ1) is 22.0. The fraction of sp³-hybridized carbons (Fsp3) is 0.882. The lowest BCUT2D eigenvalue weighted by atomic mass is 9.88. The van der Waals surface area contributed by atoms with Gasteiger partial charge in [0, 0.05) is 25.0 Å². The number of hydrogen-bond acceptors (Lipinski definition) is 5. The number of carbonyl (C=O) groups excluding carboxylic acids is 2. The number of Topliss-reactive ketones (excluding diaryl/α,β-unsaturated/α-hetero) is 1. The number of ether oxygens (including phenoxy) is 3. The molecule has 0 aromatic rings. The van der Waals surface area contributed by atoms with E-state index < -0.39 is 0 Å². The van der Waals surface area contributed by atoms with E-state index in [1.54, 1.807) is 0 Å². The molecular weight excluding hydrogens is 298 g/mol. The van der Waals surface area contributed by atoms with Crippen molar-refractivity contribution < 1.29 is 23.8 Å². The van der Waals surface area contributed by atoms with Crippen molar-refractivity contribution in [3.8, 4) is 0 Å². The molecule has 1 amide bonds. The van der Waals surface area contributed by atoms with E-state index in [-0.39, 0.29) is 29.8 Å². The number of rotatable bonds is 13. The zero-order valence-electron chi connectivity index (χ0n) is 15.3. The minimum Gasteiger partial charge on any atom is -0.379 e. The number of hydrogen-bond donors (Lipinski definition) is 1. The topological polar surface area (TPSA) is 73.9 Å². The maximum Gasteiger partial charge on any atom is 0.246 e. The van der Waals surface area contributed by atoms with Crippen molar-refractivity contribution in [3.63, 3.8) is 0 Å². The Labute approximate surface area is 140 Å². The van der Waals surface area contributed by atoms with Crippen molar-refractivity contribution in [3.05, 3.63) is 0 Å². The van der Waals surface area contributed by atoms with Crippen molar-refractivity contribution in [1.82, 2.24) is 5.32 Å². The smallest absolute Gasteiger partial charge is 0.246 e. The predicted octanol–water partition coefficient (Wildman–Crippen LogP) is 1.96. The van der Waals surface area contributed by atoms with Gasteiger partial charge in [-0.25, -0.2) is 0 Å². The van der Waals surface area contributed by atoms with E-state index in [1.165, 1.54) is 0 Å². The van der Waals surface area contributed by atoms with Gasteiger partial charge in [0.05, 0.1) is 25.9 Å². The highest BCUT2D eigenvalue weighted by atomic mass is 16.5. The Morgan fingerprint density at radius 2 is 1.61 bits per heavy atom. The first-order valence-corrected chi connectivity index (χ1v) is 8.30. The van der Waals surface area contributed by atoms with Crippen LogP contribution in [0.25, 0.3) is 0 Å². The van der Waals surface area contributed by atoms with E-state index in [1.807, 2.05) is 34.6 Å². The van der Waals surface area contributed by atoms with Crippen LogP contribution in [0.15, 0.2) is 0 Å². The number of carbonyl (C=O) groups is 2. The summed E-state index contributed by atoms with van der Waals surface area (Å²) in [5.74, 6) is 0.122. The van der Waals surface area contributed by atoms with Gasteiger partial charge in [0.15, 0.2) is 0 Å². The van der Waals surface area contributed by atoms with Crippen LogP contribution in [0, 0.1) is 5.41 Å². The minimum absolute atomic E-state index is 0.0489. The third-order valence-corrected chi connectivity index (χ3v) is 3.02. The fourth-order valence-corrected chi connectivity index (χ4v) is 1.59. The van der Waals surface area contributed by atoms with Gasteiger partial charge in [0.25, 0.3) is 0 Å². The SMILES string of the molecule is CC(C)OCC(=O)NCCOCCOCCCC(=O)C(C)(C)C. The zero-order valence-corrected chi connectivity index (χ0v) is 15.3. The van der Waals surface area contributed by atoms with Crippen LogP contribution in [0.4, 0.5) is 0 Å². The van der Waals surface area contributed by atoms with Crippen LogP contribution in [0.3, 0.4) is 0 Å². The zero-order chi connectivity index (χ0) is 17.7. The molecule has 23 heavy (non-hydrogen) atoms. The van der Waals surface area contributed by atoms with Gasteiger partial charge in [-0.05, 0) is 20.3 Å². The van der Waals surface area contributed by atoms with E-state index in [2.05, 4.69) is 5.32 Å². The molecule has 6 heteroatoms. The molecule has 0 fully saturated rings. The first-order chi connectivity index (χ1) is 10.7. The summed E-state index contributed by atoms with van der Waals surface area (Å²) in [4.78, 5) is 23.0.